The smallest absolute Gasteiger partial charge is 0.411 e. The first-order chi connectivity index (χ1) is 12.8. The zero-order valence-electron chi connectivity index (χ0n) is 16.7. The molecule has 1 fully saturated rings. The maximum absolute atomic E-state index is 13.0. The minimum atomic E-state index is -0.607. The molecular formula is C21H30N2O4. The summed E-state index contributed by atoms with van der Waals surface area (Å²) in [6.45, 7) is 5.86. The predicted molar refractivity (Wildman–Crippen MR) is 103 cm³/mol. The zero-order chi connectivity index (χ0) is 19.6. The first-order valence-corrected chi connectivity index (χ1v) is 9.72. The zero-order valence-corrected chi connectivity index (χ0v) is 16.7. The van der Waals surface area contributed by atoms with Crippen molar-refractivity contribution in [3.8, 4) is 5.75 Å². The Morgan fingerprint density at radius 3 is 2.48 bits per heavy atom. The van der Waals surface area contributed by atoms with Gasteiger partial charge in [-0.2, -0.15) is 0 Å². The van der Waals surface area contributed by atoms with Crippen molar-refractivity contribution in [1.82, 2.24) is 10.2 Å². The predicted octanol–water partition coefficient (Wildman–Crippen LogP) is 3.42. The normalized spacial score (nSPS) is 20.1. The Morgan fingerprint density at radius 2 is 1.85 bits per heavy atom. The SMILES string of the molecule is COc1ccc2c(c1)CC(C(=O)NC1CCCC1)N(C(=O)OC(C)(C)C)C2. The van der Waals surface area contributed by atoms with Crippen LogP contribution in [0.4, 0.5) is 4.79 Å². The molecule has 0 bridgehead atoms. The molecule has 1 atom stereocenters. The van der Waals surface area contributed by atoms with Crippen LogP contribution < -0.4 is 10.1 Å². The van der Waals surface area contributed by atoms with Crippen LogP contribution in [0.2, 0.25) is 0 Å². The van der Waals surface area contributed by atoms with Gasteiger partial charge in [-0.05, 0) is 56.9 Å². The van der Waals surface area contributed by atoms with E-state index in [0.717, 1.165) is 42.6 Å². The van der Waals surface area contributed by atoms with Gasteiger partial charge in [-0.15, -0.1) is 0 Å². The molecule has 2 aliphatic rings. The van der Waals surface area contributed by atoms with E-state index in [1.807, 2.05) is 39.0 Å². The van der Waals surface area contributed by atoms with Gasteiger partial charge >= 0.3 is 6.09 Å². The summed E-state index contributed by atoms with van der Waals surface area (Å²) in [5.41, 5.74) is 1.45. The molecule has 0 spiro atoms. The highest BCUT2D eigenvalue weighted by Gasteiger charge is 2.38. The van der Waals surface area contributed by atoms with Crippen molar-refractivity contribution in [2.45, 2.75) is 77.1 Å². The van der Waals surface area contributed by atoms with Crippen LogP contribution in [0.3, 0.4) is 0 Å². The molecule has 1 saturated carbocycles. The monoisotopic (exact) mass is 374 g/mol. The number of rotatable bonds is 3. The van der Waals surface area contributed by atoms with Gasteiger partial charge in [-0.1, -0.05) is 18.9 Å². The number of hydrogen-bond acceptors (Lipinski definition) is 4. The van der Waals surface area contributed by atoms with Gasteiger partial charge in [0.05, 0.1) is 13.7 Å². The minimum Gasteiger partial charge on any atom is -0.497 e. The Kier molecular flexibility index (Phi) is 5.63. The fourth-order valence-corrected chi connectivity index (χ4v) is 3.80. The summed E-state index contributed by atoms with van der Waals surface area (Å²) < 4.78 is 10.9. The molecule has 2 amide bonds. The van der Waals surface area contributed by atoms with E-state index in [4.69, 9.17) is 9.47 Å². The second kappa shape index (κ2) is 7.79. The molecule has 6 heteroatoms. The lowest BCUT2D eigenvalue weighted by Gasteiger charge is -2.37. The number of carbonyl (C=O) groups excluding carboxylic acids is 2. The molecule has 1 aromatic carbocycles. The standard InChI is InChI=1S/C21H30N2O4/c1-21(2,3)27-20(25)23-13-14-9-10-17(26-4)11-15(14)12-18(23)19(24)22-16-7-5-6-8-16/h9-11,16,18H,5-8,12-13H2,1-4H3,(H,22,24). The van der Waals surface area contributed by atoms with E-state index >= 15 is 0 Å². The van der Waals surface area contributed by atoms with Crippen molar-refractivity contribution < 1.29 is 19.1 Å². The highest BCUT2D eigenvalue weighted by atomic mass is 16.6. The van der Waals surface area contributed by atoms with Crippen molar-refractivity contribution in [2.24, 2.45) is 0 Å². The molecule has 6 nitrogen and oxygen atoms in total. The summed E-state index contributed by atoms with van der Waals surface area (Å²) >= 11 is 0. The Balaban J connectivity index is 1.84. The molecular weight excluding hydrogens is 344 g/mol. The Labute approximate surface area is 161 Å². The lowest BCUT2D eigenvalue weighted by atomic mass is 9.93. The van der Waals surface area contributed by atoms with E-state index in [1.165, 1.54) is 0 Å². The van der Waals surface area contributed by atoms with E-state index in [-0.39, 0.29) is 11.9 Å². The quantitative estimate of drug-likeness (QED) is 0.880. The van der Waals surface area contributed by atoms with Crippen LogP contribution in [0, 0.1) is 0 Å². The number of nitrogens with one attached hydrogen (secondary N) is 1. The third-order valence-electron chi connectivity index (χ3n) is 5.18. The molecule has 1 N–H and O–H groups in total. The summed E-state index contributed by atoms with van der Waals surface area (Å²) in [4.78, 5) is 27.4. The lowest BCUT2D eigenvalue weighted by Crippen LogP contribution is -2.54. The Hall–Kier alpha value is -2.24. The third kappa shape index (κ3) is 4.73. The summed E-state index contributed by atoms with van der Waals surface area (Å²) in [6, 6.07) is 5.43. The van der Waals surface area contributed by atoms with Gasteiger partial charge in [0.2, 0.25) is 5.91 Å². The maximum atomic E-state index is 13.0. The van der Waals surface area contributed by atoms with Crippen LogP contribution in [0.1, 0.15) is 57.6 Å². The van der Waals surface area contributed by atoms with Crippen LogP contribution in [-0.2, 0) is 22.5 Å². The molecule has 1 heterocycles. The summed E-state index contributed by atoms with van der Waals surface area (Å²) in [5.74, 6) is 0.663. The fraction of sp³-hybridized carbons (Fsp3) is 0.619. The van der Waals surface area contributed by atoms with Crippen molar-refractivity contribution in [3.63, 3.8) is 0 Å². The summed E-state index contributed by atoms with van der Waals surface area (Å²) in [5, 5.41) is 3.14. The minimum absolute atomic E-state index is 0.0961. The molecule has 1 unspecified atom stereocenters. The highest BCUT2D eigenvalue weighted by Crippen LogP contribution is 2.29. The highest BCUT2D eigenvalue weighted by molar-refractivity contribution is 5.87. The molecule has 1 aliphatic heterocycles. The van der Waals surface area contributed by atoms with Gasteiger partial charge < -0.3 is 14.8 Å². The number of nitrogens with zero attached hydrogens (tertiary/aromatic N) is 1. The van der Waals surface area contributed by atoms with Gasteiger partial charge in [0.25, 0.3) is 0 Å². The molecule has 0 radical (unpaired) electrons. The van der Waals surface area contributed by atoms with Gasteiger partial charge in [-0.3, -0.25) is 9.69 Å². The largest absolute Gasteiger partial charge is 0.497 e. The fourth-order valence-electron chi connectivity index (χ4n) is 3.80. The van der Waals surface area contributed by atoms with Crippen LogP contribution in [-0.4, -0.2) is 41.7 Å². The molecule has 0 aromatic heterocycles. The first kappa shape index (κ1) is 19.5. The van der Waals surface area contributed by atoms with E-state index in [0.29, 0.717) is 13.0 Å². The van der Waals surface area contributed by atoms with Crippen molar-refractivity contribution in [3.05, 3.63) is 29.3 Å². The van der Waals surface area contributed by atoms with E-state index in [2.05, 4.69) is 5.32 Å². The van der Waals surface area contributed by atoms with Crippen molar-refractivity contribution >= 4 is 12.0 Å². The number of hydrogen-bond donors (Lipinski definition) is 1. The second-order valence-electron chi connectivity index (χ2n) is 8.45. The molecule has 148 valence electrons. The molecule has 0 saturated heterocycles. The van der Waals surface area contributed by atoms with E-state index in [9.17, 15) is 9.59 Å². The van der Waals surface area contributed by atoms with Crippen LogP contribution >= 0.6 is 0 Å². The lowest BCUT2D eigenvalue weighted by molar-refractivity contribution is -0.127. The topological polar surface area (TPSA) is 67.9 Å². The van der Waals surface area contributed by atoms with Crippen LogP contribution in [0.5, 0.6) is 5.75 Å². The van der Waals surface area contributed by atoms with Crippen molar-refractivity contribution in [2.75, 3.05) is 7.11 Å². The number of ether oxygens (including phenoxy) is 2. The molecule has 3 rings (SSSR count). The molecule has 27 heavy (non-hydrogen) atoms. The average molecular weight is 374 g/mol. The number of amides is 2. The maximum Gasteiger partial charge on any atom is 0.411 e. The third-order valence-corrected chi connectivity index (χ3v) is 5.18. The van der Waals surface area contributed by atoms with Crippen LogP contribution in [0.25, 0.3) is 0 Å². The number of benzene rings is 1. The van der Waals surface area contributed by atoms with Crippen molar-refractivity contribution in [1.29, 1.82) is 0 Å². The average Bonchev–Trinajstić information content (AvgIpc) is 3.11. The van der Waals surface area contributed by atoms with Gasteiger partial charge in [0, 0.05) is 12.5 Å². The van der Waals surface area contributed by atoms with Gasteiger partial charge in [0.15, 0.2) is 0 Å². The number of fused-ring (bicyclic) bond motifs is 1. The molecule has 1 aromatic rings. The number of carbonyl (C=O) groups is 2. The summed E-state index contributed by atoms with van der Waals surface area (Å²) in [6.07, 6.45) is 4.32. The first-order valence-electron chi connectivity index (χ1n) is 9.72. The van der Waals surface area contributed by atoms with E-state index < -0.39 is 17.7 Å². The van der Waals surface area contributed by atoms with E-state index in [1.54, 1.807) is 12.0 Å². The number of methoxy groups -OCH3 is 1. The van der Waals surface area contributed by atoms with Gasteiger partial charge in [-0.25, -0.2) is 4.79 Å². The molecule has 1 aliphatic carbocycles. The second-order valence-corrected chi connectivity index (χ2v) is 8.45. The Morgan fingerprint density at radius 1 is 1.15 bits per heavy atom. The Bertz CT molecular complexity index is 705. The van der Waals surface area contributed by atoms with Crippen LogP contribution in [0.15, 0.2) is 18.2 Å². The van der Waals surface area contributed by atoms with Gasteiger partial charge in [0.1, 0.15) is 17.4 Å². The summed E-state index contributed by atoms with van der Waals surface area (Å²) in [7, 11) is 1.63.